The number of hydrogen-bond donors (Lipinski definition) is 1. The Labute approximate surface area is 115 Å². The first kappa shape index (κ1) is 13.4. The second kappa shape index (κ2) is 5.72. The Kier molecular flexibility index (Phi) is 4.03. The second-order valence-corrected chi connectivity index (χ2v) is 4.69. The van der Waals surface area contributed by atoms with E-state index in [1.54, 1.807) is 29.2 Å². The Morgan fingerprint density at radius 1 is 1.47 bits per heavy atom. The molecule has 0 spiro atoms. The van der Waals surface area contributed by atoms with Crippen LogP contribution in [-0.2, 0) is 9.59 Å². The Morgan fingerprint density at radius 2 is 2.16 bits per heavy atom. The van der Waals surface area contributed by atoms with E-state index in [2.05, 4.69) is 5.32 Å². The van der Waals surface area contributed by atoms with Crippen molar-refractivity contribution in [2.45, 2.75) is 6.42 Å². The lowest BCUT2D eigenvalue weighted by Crippen LogP contribution is -2.33. The maximum absolute atomic E-state index is 11.9. The van der Waals surface area contributed by atoms with Gasteiger partial charge in [0.05, 0.1) is 12.0 Å². The molecular formula is C13H12ClN3O2. The van der Waals surface area contributed by atoms with Crippen LogP contribution in [0.15, 0.2) is 24.3 Å². The van der Waals surface area contributed by atoms with Gasteiger partial charge >= 0.3 is 0 Å². The zero-order valence-electron chi connectivity index (χ0n) is 10.1. The van der Waals surface area contributed by atoms with E-state index in [9.17, 15) is 9.59 Å². The zero-order valence-corrected chi connectivity index (χ0v) is 10.9. The van der Waals surface area contributed by atoms with Crippen LogP contribution in [0.25, 0.3) is 0 Å². The minimum absolute atomic E-state index is 0.0372. The Balaban J connectivity index is 2.05. The van der Waals surface area contributed by atoms with Gasteiger partial charge in [-0.1, -0.05) is 11.6 Å². The van der Waals surface area contributed by atoms with Crippen molar-refractivity contribution < 1.29 is 9.59 Å². The van der Waals surface area contributed by atoms with Gasteiger partial charge in [-0.2, -0.15) is 5.26 Å². The van der Waals surface area contributed by atoms with Crippen molar-refractivity contribution in [2.75, 3.05) is 18.0 Å². The number of carbonyl (C=O) groups excluding carboxylic acids is 2. The number of nitriles is 1. The van der Waals surface area contributed by atoms with E-state index < -0.39 is 5.92 Å². The van der Waals surface area contributed by atoms with Crippen LogP contribution in [0.5, 0.6) is 0 Å². The number of amides is 2. The molecule has 0 aromatic heterocycles. The summed E-state index contributed by atoms with van der Waals surface area (Å²) in [5, 5.41) is 11.5. The summed E-state index contributed by atoms with van der Waals surface area (Å²) in [6.07, 6.45) is 0.167. The Hall–Kier alpha value is -2.06. The molecule has 1 aromatic rings. The number of nitrogens with zero attached hydrogens (tertiary/aromatic N) is 2. The molecular weight excluding hydrogens is 266 g/mol. The van der Waals surface area contributed by atoms with Crippen molar-refractivity contribution in [3.63, 3.8) is 0 Å². The molecule has 0 saturated carbocycles. The Bertz CT molecular complexity index is 536. The fourth-order valence-electron chi connectivity index (χ4n) is 2.02. The molecule has 1 aliphatic rings. The molecule has 1 aromatic carbocycles. The highest BCUT2D eigenvalue weighted by molar-refractivity contribution is 6.30. The van der Waals surface area contributed by atoms with Gasteiger partial charge in [-0.15, -0.1) is 0 Å². The molecule has 19 heavy (non-hydrogen) atoms. The fraction of sp³-hybridized carbons (Fsp3) is 0.308. The molecule has 1 fully saturated rings. The van der Waals surface area contributed by atoms with Crippen LogP contribution in [0, 0.1) is 17.2 Å². The van der Waals surface area contributed by atoms with Crippen LogP contribution in [0.2, 0.25) is 5.02 Å². The number of carbonyl (C=O) groups is 2. The first-order chi connectivity index (χ1) is 9.11. The normalized spacial score (nSPS) is 18.2. The third kappa shape index (κ3) is 3.04. The molecule has 1 heterocycles. The van der Waals surface area contributed by atoms with Crippen LogP contribution < -0.4 is 10.2 Å². The van der Waals surface area contributed by atoms with Crippen LogP contribution in [0.3, 0.4) is 0 Å². The third-order valence-electron chi connectivity index (χ3n) is 2.98. The van der Waals surface area contributed by atoms with Gasteiger partial charge in [0.15, 0.2) is 0 Å². The summed E-state index contributed by atoms with van der Waals surface area (Å²) in [7, 11) is 0. The number of hydrogen-bond acceptors (Lipinski definition) is 3. The van der Waals surface area contributed by atoms with Gasteiger partial charge in [0.2, 0.25) is 11.8 Å². The molecule has 1 saturated heterocycles. The average Bonchev–Trinajstić information content (AvgIpc) is 2.79. The third-order valence-corrected chi connectivity index (χ3v) is 3.23. The molecule has 1 N–H and O–H groups in total. The summed E-state index contributed by atoms with van der Waals surface area (Å²) in [5.41, 5.74) is 0.727. The molecule has 2 rings (SSSR count). The minimum atomic E-state index is -0.406. The molecule has 0 radical (unpaired) electrons. The standard InChI is InChI=1S/C13H12ClN3O2/c14-10-1-3-11(4-2-10)17-8-9(7-12(17)18)13(19)16-6-5-15/h1-4,9H,6-8H2,(H,16,19). The highest BCUT2D eigenvalue weighted by Gasteiger charge is 2.34. The number of anilines is 1. The number of benzene rings is 1. The van der Waals surface area contributed by atoms with Gasteiger partial charge in [0.1, 0.15) is 6.54 Å². The number of halogens is 1. The highest BCUT2D eigenvalue weighted by atomic mass is 35.5. The van der Waals surface area contributed by atoms with Crippen molar-refractivity contribution in [1.82, 2.24) is 5.32 Å². The maximum atomic E-state index is 11.9. The first-order valence-electron chi connectivity index (χ1n) is 5.82. The van der Waals surface area contributed by atoms with Gasteiger partial charge in [-0.3, -0.25) is 9.59 Å². The summed E-state index contributed by atoms with van der Waals surface area (Å²) in [4.78, 5) is 25.2. The van der Waals surface area contributed by atoms with E-state index in [-0.39, 0.29) is 24.8 Å². The molecule has 98 valence electrons. The number of nitrogens with one attached hydrogen (secondary N) is 1. The monoisotopic (exact) mass is 277 g/mol. The van der Waals surface area contributed by atoms with E-state index in [1.807, 2.05) is 6.07 Å². The van der Waals surface area contributed by atoms with Crippen molar-refractivity contribution in [2.24, 2.45) is 5.92 Å². The van der Waals surface area contributed by atoms with Gasteiger partial charge < -0.3 is 10.2 Å². The maximum Gasteiger partial charge on any atom is 0.227 e. The summed E-state index contributed by atoms with van der Waals surface area (Å²) in [5.74, 6) is -0.762. The lowest BCUT2D eigenvalue weighted by molar-refractivity contribution is -0.126. The summed E-state index contributed by atoms with van der Waals surface area (Å²) >= 11 is 5.79. The van der Waals surface area contributed by atoms with Crippen LogP contribution in [-0.4, -0.2) is 24.9 Å². The van der Waals surface area contributed by atoms with Gasteiger partial charge in [0, 0.05) is 23.7 Å². The zero-order chi connectivity index (χ0) is 13.8. The van der Waals surface area contributed by atoms with E-state index in [0.717, 1.165) is 5.69 Å². The van der Waals surface area contributed by atoms with Crippen molar-refractivity contribution >= 4 is 29.1 Å². The average molecular weight is 278 g/mol. The predicted octanol–water partition coefficient (Wildman–Crippen LogP) is 1.33. The highest BCUT2D eigenvalue weighted by Crippen LogP contribution is 2.26. The topological polar surface area (TPSA) is 73.2 Å². The minimum Gasteiger partial charge on any atom is -0.343 e. The Morgan fingerprint density at radius 3 is 2.79 bits per heavy atom. The quantitative estimate of drug-likeness (QED) is 0.847. The molecule has 1 aliphatic heterocycles. The smallest absolute Gasteiger partial charge is 0.227 e. The first-order valence-corrected chi connectivity index (χ1v) is 6.20. The van der Waals surface area contributed by atoms with Crippen LogP contribution >= 0.6 is 11.6 Å². The van der Waals surface area contributed by atoms with Crippen LogP contribution in [0.1, 0.15) is 6.42 Å². The molecule has 6 heteroatoms. The van der Waals surface area contributed by atoms with Crippen molar-refractivity contribution in [1.29, 1.82) is 5.26 Å². The predicted molar refractivity (Wildman–Crippen MR) is 70.5 cm³/mol. The van der Waals surface area contributed by atoms with Gasteiger partial charge in [-0.25, -0.2) is 0 Å². The molecule has 0 bridgehead atoms. The van der Waals surface area contributed by atoms with Crippen molar-refractivity contribution in [3.05, 3.63) is 29.3 Å². The largest absolute Gasteiger partial charge is 0.343 e. The molecule has 2 amide bonds. The summed E-state index contributed by atoms with van der Waals surface area (Å²) < 4.78 is 0. The van der Waals surface area contributed by atoms with E-state index in [1.165, 1.54) is 0 Å². The molecule has 1 atom stereocenters. The second-order valence-electron chi connectivity index (χ2n) is 4.26. The number of rotatable bonds is 3. The van der Waals surface area contributed by atoms with Gasteiger partial charge in [0.25, 0.3) is 0 Å². The molecule has 0 aliphatic carbocycles. The lowest BCUT2D eigenvalue weighted by Gasteiger charge is -2.16. The van der Waals surface area contributed by atoms with Crippen molar-refractivity contribution in [3.8, 4) is 6.07 Å². The van der Waals surface area contributed by atoms with E-state index >= 15 is 0 Å². The SMILES string of the molecule is N#CCNC(=O)C1CC(=O)N(c2ccc(Cl)cc2)C1. The summed E-state index contributed by atoms with van der Waals surface area (Å²) in [6.45, 7) is 0.294. The molecule has 5 nitrogen and oxygen atoms in total. The summed E-state index contributed by atoms with van der Waals surface area (Å²) in [6, 6.07) is 8.73. The van der Waals surface area contributed by atoms with Crippen LogP contribution in [0.4, 0.5) is 5.69 Å². The van der Waals surface area contributed by atoms with Gasteiger partial charge in [-0.05, 0) is 24.3 Å². The molecule has 1 unspecified atom stereocenters. The van der Waals surface area contributed by atoms with E-state index in [0.29, 0.717) is 11.6 Å². The fourth-order valence-corrected chi connectivity index (χ4v) is 2.15. The van der Waals surface area contributed by atoms with E-state index in [4.69, 9.17) is 16.9 Å². The lowest BCUT2D eigenvalue weighted by atomic mass is 10.1.